The fraction of sp³-hybridized carbons (Fsp3) is 0.167. The van der Waals surface area contributed by atoms with Gasteiger partial charge in [-0.1, -0.05) is 0 Å². The van der Waals surface area contributed by atoms with Crippen LogP contribution in [0.25, 0.3) is 0 Å². The van der Waals surface area contributed by atoms with Crippen molar-refractivity contribution in [3.63, 3.8) is 0 Å². The predicted molar refractivity (Wildman–Crippen MR) is 72.8 cm³/mol. The molecule has 2 rings (SSSR count). The highest BCUT2D eigenvalue weighted by Crippen LogP contribution is 2.27. The first kappa shape index (κ1) is 15.0. The zero-order valence-electron chi connectivity index (χ0n) is 11.3. The third-order valence-corrected chi connectivity index (χ3v) is 3.59. The van der Waals surface area contributed by atoms with Crippen molar-refractivity contribution in [1.82, 2.24) is 9.78 Å². The highest BCUT2D eigenvalue weighted by atomic mass is 32.2. The lowest BCUT2D eigenvalue weighted by Gasteiger charge is -2.09. The average molecular weight is 311 g/mol. The number of rotatable bonds is 4. The summed E-state index contributed by atoms with van der Waals surface area (Å²) in [5, 5.41) is 18.2. The molecule has 1 aromatic heterocycles. The zero-order valence-corrected chi connectivity index (χ0v) is 12.1. The van der Waals surface area contributed by atoms with Gasteiger partial charge in [0.25, 0.3) is 0 Å². The highest BCUT2D eigenvalue weighted by Gasteiger charge is 2.18. The number of nitrogens with zero attached hydrogens (tertiary/aromatic N) is 2. The van der Waals surface area contributed by atoms with E-state index >= 15 is 0 Å². The number of carbonyl (C=O) groups is 1. The fourth-order valence-electron chi connectivity index (χ4n) is 1.74. The van der Waals surface area contributed by atoms with Crippen molar-refractivity contribution in [2.75, 3.05) is 0 Å². The van der Waals surface area contributed by atoms with E-state index in [-0.39, 0.29) is 16.2 Å². The molecule has 9 heteroatoms. The summed E-state index contributed by atoms with van der Waals surface area (Å²) in [6, 6.07) is 5.00. The molecule has 0 aliphatic heterocycles. The Morgan fingerprint density at radius 3 is 2.52 bits per heavy atom. The van der Waals surface area contributed by atoms with Crippen LogP contribution in [-0.2, 0) is 17.1 Å². The van der Waals surface area contributed by atoms with E-state index in [9.17, 15) is 18.3 Å². The SMILES string of the molecule is Cc1cc(Oc2ccc(S(N)(=O)=O)cc2C(=O)O)n(C)n1. The van der Waals surface area contributed by atoms with Crippen LogP contribution in [0.3, 0.4) is 0 Å². The van der Waals surface area contributed by atoms with Gasteiger partial charge in [-0.05, 0) is 25.1 Å². The highest BCUT2D eigenvalue weighted by molar-refractivity contribution is 7.89. The topological polar surface area (TPSA) is 125 Å². The van der Waals surface area contributed by atoms with Crippen molar-refractivity contribution in [3.05, 3.63) is 35.5 Å². The van der Waals surface area contributed by atoms with E-state index in [4.69, 9.17) is 9.88 Å². The number of hydrogen-bond acceptors (Lipinski definition) is 5. The van der Waals surface area contributed by atoms with Gasteiger partial charge < -0.3 is 9.84 Å². The van der Waals surface area contributed by atoms with Crippen LogP contribution in [0.15, 0.2) is 29.2 Å². The van der Waals surface area contributed by atoms with Crippen LogP contribution in [-0.4, -0.2) is 29.3 Å². The molecule has 21 heavy (non-hydrogen) atoms. The number of ether oxygens (including phenoxy) is 1. The Morgan fingerprint density at radius 1 is 1.38 bits per heavy atom. The number of carboxylic acids is 1. The summed E-state index contributed by atoms with van der Waals surface area (Å²) >= 11 is 0. The number of carboxylic acid groups (broad SMARTS) is 1. The lowest BCUT2D eigenvalue weighted by atomic mass is 10.2. The van der Waals surface area contributed by atoms with E-state index < -0.39 is 16.0 Å². The summed E-state index contributed by atoms with van der Waals surface area (Å²) in [4.78, 5) is 10.9. The molecule has 0 saturated carbocycles. The molecule has 112 valence electrons. The minimum atomic E-state index is -3.99. The maximum absolute atomic E-state index is 11.3. The normalized spacial score (nSPS) is 11.4. The Balaban J connectivity index is 2.49. The fourth-order valence-corrected chi connectivity index (χ4v) is 2.28. The number of benzene rings is 1. The van der Waals surface area contributed by atoms with Gasteiger partial charge in [0, 0.05) is 13.1 Å². The van der Waals surface area contributed by atoms with Crippen LogP contribution < -0.4 is 9.88 Å². The second-order valence-electron chi connectivity index (χ2n) is 4.36. The van der Waals surface area contributed by atoms with Gasteiger partial charge in [0.1, 0.15) is 11.3 Å². The number of aryl methyl sites for hydroxylation is 2. The van der Waals surface area contributed by atoms with Gasteiger partial charge >= 0.3 is 5.97 Å². The van der Waals surface area contributed by atoms with Gasteiger partial charge in [0.15, 0.2) is 0 Å². The molecule has 0 aliphatic carbocycles. The summed E-state index contributed by atoms with van der Waals surface area (Å²) in [6.45, 7) is 1.76. The Morgan fingerprint density at radius 2 is 2.05 bits per heavy atom. The Kier molecular flexibility index (Phi) is 3.71. The van der Waals surface area contributed by atoms with Crippen LogP contribution >= 0.6 is 0 Å². The molecule has 1 aromatic carbocycles. The van der Waals surface area contributed by atoms with E-state index in [1.165, 1.54) is 16.8 Å². The zero-order chi connectivity index (χ0) is 15.8. The first-order chi connectivity index (χ1) is 9.68. The van der Waals surface area contributed by atoms with Crippen LogP contribution in [0.4, 0.5) is 0 Å². The monoisotopic (exact) mass is 311 g/mol. The van der Waals surface area contributed by atoms with Crippen molar-refractivity contribution in [2.24, 2.45) is 12.2 Å². The molecule has 0 amide bonds. The van der Waals surface area contributed by atoms with E-state index in [1.807, 2.05) is 0 Å². The number of nitrogens with two attached hydrogens (primary N) is 1. The molecule has 0 spiro atoms. The number of aromatic nitrogens is 2. The van der Waals surface area contributed by atoms with Gasteiger partial charge in [-0.2, -0.15) is 5.10 Å². The summed E-state index contributed by atoms with van der Waals surface area (Å²) < 4.78 is 29.4. The molecule has 0 aliphatic rings. The van der Waals surface area contributed by atoms with E-state index in [0.717, 1.165) is 6.07 Å². The van der Waals surface area contributed by atoms with Crippen LogP contribution in [0.2, 0.25) is 0 Å². The molecular weight excluding hydrogens is 298 g/mol. The summed E-state index contributed by atoms with van der Waals surface area (Å²) in [5.74, 6) is -0.995. The number of hydrogen-bond donors (Lipinski definition) is 2. The lowest BCUT2D eigenvalue weighted by molar-refractivity contribution is 0.0693. The van der Waals surface area contributed by atoms with Crippen molar-refractivity contribution in [3.8, 4) is 11.6 Å². The van der Waals surface area contributed by atoms with Gasteiger partial charge in [0.05, 0.1) is 10.6 Å². The minimum absolute atomic E-state index is 0.00194. The van der Waals surface area contributed by atoms with Gasteiger partial charge in [-0.3, -0.25) is 0 Å². The molecule has 0 bridgehead atoms. The molecule has 0 fully saturated rings. The second-order valence-corrected chi connectivity index (χ2v) is 5.92. The maximum atomic E-state index is 11.3. The summed E-state index contributed by atoms with van der Waals surface area (Å²) in [5.41, 5.74) is 0.394. The van der Waals surface area contributed by atoms with E-state index in [2.05, 4.69) is 5.10 Å². The maximum Gasteiger partial charge on any atom is 0.339 e. The molecule has 0 unspecified atom stereocenters. The Bertz CT molecular complexity index is 810. The molecule has 0 saturated heterocycles. The third-order valence-electron chi connectivity index (χ3n) is 2.68. The summed E-state index contributed by atoms with van der Waals surface area (Å²) in [7, 11) is -2.35. The molecule has 2 aromatic rings. The number of aromatic carboxylic acids is 1. The third kappa shape index (κ3) is 3.20. The minimum Gasteiger partial charge on any atom is -0.478 e. The van der Waals surface area contributed by atoms with Gasteiger partial charge in [0.2, 0.25) is 15.9 Å². The largest absolute Gasteiger partial charge is 0.478 e. The first-order valence-electron chi connectivity index (χ1n) is 5.77. The predicted octanol–water partition coefficient (Wildman–Crippen LogP) is 0.866. The first-order valence-corrected chi connectivity index (χ1v) is 7.32. The van der Waals surface area contributed by atoms with Crippen LogP contribution in [0.1, 0.15) is 16.1 Å². The molecule has 0 atom stereocenters. The Labute approximate surface area is 120 Å². The molecule has 1 heterocycles. The molecule has 3 N–H and O–H groups in total. The molecular formula is C12H13N3O5S. The number of sulfonamides is 1. The van der Waals surface area contributed by atoms with Gasteiger partial charge in [-0.15, -0.1) is 0 Å². The van der Waals surface area contributed by atoms with Crippen molar-refractivity contribution in [2.45, 2.75) is 11.8 Å². The molecule has 0 radical (unpaired) electrons. The van der Waals surface area contributed by atoms with Crippen molar-refractivity contribution >= 4 is 16.0 Å². The second kappa shape index (κ2) is 5.19. The lowest BCUT2D eigenvalue weighted by Crippen LogP contribution is -2.13. The number of primary sulfonamides is 1. The van der Waals surface area contributed by atoms with E-state index in [1.54, 1.807) is 20.0 Å². The summed E-state index contributed by atoms with van der Waals surface area (Å²) in [6.07, 6.45) is 0. The Hall–Kier alpha value is -2.39. The quantitative estimate of drug-likeness (QED) is 0.863. The smallest absolute Gasteiger partial charge is 0.339 e. The van der Waals surface area contributed by atoms with Crippen molar-refractivity contribution in [1.29, 1.82) is 0 Å². The van der Waals surface area contributed by atoms with Crippen molar-refractivity contribution < 1.29 is 23.1 Å². The van der Waals surface area contributed by atoms with Crippen LogP contribution in [0.5, 0.6) is 11.6 Å². The van der Waals surface area contributed by atoms with E-state index in [0.29, 0.717) is 11.6 Å². The average Bonchev–Trinajstić information content (AvgIpc) is 2.66. The molecule has 8 nitrogen and oxygen atoms in total. The van der Waals surface area contributed by atoms with Gasteiger partial charge in [-0.25, -0.2) is 23.0 Å². The van der Waals surface area contributed by atoms with Crippen LogP contribution in [0, 0.1) is 6.92 Å². The standard InChI is InChI=1S/C12H13N3O5S/c1-7-5-11(15(2)14-7)20-10-4-3-8(21(13,18)19)6-9(10)12(16)17/h3-6H,1-2H3,(H,16,17)(H2,13,18,19).